The van der Waals surface area contributed by atoms with Crippen LogP contribution in [0.1, 0.15) is 44.1 Å². The lowest BCUT2D eigenvalue weighted by Crippen LogP contribution is -2.32. The van der Waals surface area contributed by atoms with Gasteiger partial charge in [0.25, 0.3) is 0 Å². The second kappa shape index (κ2) is 6.85. The van der Waals surface area contributed by atoms with Crippen LogP contribution < -0.4 is 5.32 Å². The molecule has 0 saturated heterocycles. The summed E-state index contributed by atoms with van der Waals surface area (Å²) in [7, 11) is 0. The first kappa shape index (κ1) is 18.1. The predicted octanol–water partition coefficient (Wildman–Crippen LogP) is 3.66. The first-order chi connectivity index (χ1) is 10.0. The van der Waals surface area contributed by atoms with E-state index < -0.39 is 23.6 Å². The molecule has 1 rings (SSSR count). The Morgan fingerprint density at radius 3 is 2.55 bits per heavy atom. The fourth-order valence-electron chi connectivity index (χ4n) is 1.63. The van der Waals surface area contributed by atoms with Crippen LogP contribution in [0.5, 0.6) is 0 Å². The fraction of sp³-hybridized carbons (Fsp3) is 0.571. The number of H-pyrrole nitrogens is 1. The van der Waals surface area contributed by atoms with Crippen LogP contribution in [-0.4, -0.2) is 28.4 Å². The molecular weight excluding hydrogens is 299 g/mol. The summed E-state index contributed by atoms with van der Waals surface area (Å²) in [5.41, 5.74) is -1.19. The fourth-order valence-corrected chi connectivity index (χ4v) is 1.63. The molecule has 8 heteroatoms. The minimum atomic E-state index is -4.50. The highest BCUT2D eigenvalue weighted by molar-refractivity contribution is 5.67. The molecule has 124 valence electrons. The molecule has 1 aromatic rings. The van der Waals surface area contributed by atoms with Crippen molar-refractivity contribution >= 4 is 12.2 Å². The maximum Gasteiger partial charge on any atom is 0.435 e. The van der Waals surface area contributed by atoms with Gasteiger partial charge in [-0.25, -0.2) is 4.79 Å². The third-order valence-corrected chi connectivity index (χ3v) is 2.53. The van der Waals surface area contributed by atoms with Gasteiger partial charge in [-0.05, 0) is 34.1 Å². The van der Waals surface area contributed by atoms with E-state index >= 15 is 0 Å². The number of alkyl halides is 3. The monoisotopic (exact) mass is 319 g/mol. The van der Waals surface area contributed by atoms with E-state index in [2.05, 4.69) is 15.5 Å². The van der Waals surface area contributed by atoms with Crippen LogP contribution in [0, 0.1) is 6.92 Å². The zero-order valence-electron chi connectivity index (χ0n) is 13.0. The Bertz CT molecular complexity index is 543. The Hall–Kier alpha value is -1.99. The van der Waals surface area contributed by atoms with Crippen LogP contribution in [0.4, 0.5) is 18.0 Å². The average molecular weight is 319 g/mol. The van der Waals surface area contributed by atoms with Gasteiger partial charge in [0, 0.05) is 17.8 Å². The van der Waals surface area contributed by atoms with E-state index in [4.69, 9.17) is 4.74 Å². The van der Waals surface area contributed by atoms with Gasteiger partial charge < -0.3 is 10.1 Å². The van der Waals surface area contributed by atoms with Crippen molar-refractivity contribution in [2.45, 2.75) is 45.9 Å². The molecular formula is C14H20F3N3O2. The Balaban J connectivity index is 2.51. The van der Waals surface area contributed by atoms with Crippen molar-refractivity contribution in [1.29, 1.82) is 0 Å². The number of nitrogens with zero attached hydrogens (tertiary/aromatic N) is 1. The van der Waals surface area contributed by atoms with E-state index in [1.807, 2.05) is 0 Å². The molecule has 0 bridgehead atoms. The molecule has 1 amide bonds. The summed E-state index contributed by atoms with van der Waals surface area (Å²) in [6, 6.07) is 0. The van der Waals surface area contributed by atoms with Gasteiger partial charge in [-0.2, -0.15) is 18.3 Å². The Kier molecular flexibility index (Phi) is 5.62. The van der Waals surface area contributed by atoms with Crippen LogP contribution in [0.3, 0.4) is 0 Å². The van der Waals surface area contributed by atoms with E-state index in [1.54, 1.807) is 26.8 Å². The molecule has 2 N–H and O–H groups in total. The zero-order chi connectivity index (χ0) is 17.0. The van der Waals surface area contributed by atoms with Crippen LogP contribution in [0.2, 0.25) is 0 Å². The third-order valence-electron chi connectivity index (χ3n) is 2.53. The highest BCUT2D eigenvalue weighted by Crippen LogP contribution is 2.32. The summed E-state index contributed by atoms with van der Waals surface area (Å²) in [5.74, 6) is 0. The number of hydrogen-bond donors (Lipinski definition) is 2. The van der Waals surface area contributed by atoms with E-state index in [9.17, 15) is 18.0 Å². The zero-order valence-corrected chi connectivity index (χ0v) is 13.0. The summed E-state index contributed by atoms with van der Waals surface area (Å²) in [4.78, 5) is 11.4. The molecule has 0 aliphatic carbocycles. The molecule has 0 aromatic carbocycles. The van der Waals surface area contributed by atoms with E-state index in [-0.39, 0.29) is 12.1 Å². The molecule has 0 aliphatic heterocycles. The number of alkyl carbamates (subject to hydrolysis) is 1. The SMILES string of the molecule is Cc1[nH]nc(C(F)(F)F)c1C=CCCNC(=O)OC(C)(C)C. The Labute approximate surface area is 126 Å². The first-order valence-corrected chi connectivity index (χ1v) is 6.76. The largest absolute Gasteiger partial charge is 0.444 e. The van der Waals surface area contributed by atoms with Gasteiger partial charge in [-0.1, -0.05) is 12.2 Å². The molecule has 0 atom stereocenters. The molecule has 0 fully saturated rings. The number of amides is 1. The molecule has 0 unspecified atom stereocenters. The third kappa shape index (κ3) is 5.79. The number of hydrogen-bond acceptors (Lipinski definition) is 3. The number of aryl methyl sites for hydroxylation is 1. The van der Waals surface area contributed by atoms with Gasteiger partial charge in [-0.15, -0.1) is 0 Å². The van der Waals surface area contributed by atoms with Crippen molar-refractivity contribution in [1.82, 2.24) is 15.5 Å². The van der Waals surface area contributed by atoms with Crippen molar-refractivity contribution in [2.24, 2.45) is 0 Å². The second-order valence-corrected chi connectivity index (χ2v) is 5.73. The summed E-state index contributed by atoms with van der Waals surface area (Å²) < 4.78 is 43.2. The molecule has 1 aromatic heterocycles. The lowest BCUT2D eigenvalue weighted by molar-refractivity contribution is -0.141. The van der Waals surface area contributed by atoms with Crippen LogP contribution in [0.15, 0.2) is 6.08 Å². The number of ether oxygens (including phenoxy) is 1. The minimum absolute atomic E-state index is 0.00441. The van der Waals surface area contributed by atoms with E-state index in [0.29, 0.717) is 12.1 Å². The molecule has 5 nitrogen and oxygen atoms in total. The number of aromatic amines is 1. The Morgan fingerprint density at radius 2 is 2.00 bits per heavy atom. The quantitative estimate of drug-likeness (QED) is 0.832. The van der Waals surface area contributed by atoms with Crippen molar-refractivity contribution < 1.29 is 22.7 Å². The van der Waals surface area contributed by atoms with Gasteiger partial charge in [0.05, 0.1) is 0 Å². The number of rotatable bonds is 4. The number of aromatic nitrogens is 2. The molecule has 0 aliphatic rings. The summed E-state index contributed by atoms with van der Waals surface area (Å²) >= 11 is 0. The smallest absolute Gasteiger partial charge is 0.435 e. The van der Waals surface area contributed by atoms with Gasteiger partial charge >= 0.3 is 12.3 Å². The van der Waals surface area contributed by atoms with Gasteiger partial charge in [0.2, 0.25) is 0 Å². The minimum Gasteiger partial charge on any atom is -0.444 e. The maximum absolute atomic E-state index is 12.7. The van der Waals surface area contributed by atoms with Gasteiger partial charge in [0.15, 0.2) is 5.69 Å². The van der Waals surface area contributed by atoms with E-state index in [0.717, 1.165) is 0 Å². The normalized spacial score (nSPS) is 12.7. The topological polar surface area (TPSA) is 67.0 Å². The Morgan fingerprint density at radius 1 is 1.36 bits per heavy atom. The molecule has 22 heavy (non-hydrogen) atoms. The number of nitrogens with one attached hydrogen (secondary N) is 2. The number of carbonyl (C=O) groups is 1. The van der Waals surface area contributed by atoms with Crippen molar-refractivity contribution in [2.75, 3.05) is 6.54 Å². The summed E-state index contributed by atoms with van der Waals surface area (Å²) in [6.45, 7) is 7.01. The van der Waals surface area contributed by atoms with Crippen LogP contribution in [-0.2, 0) is 10.9 Å². The lowest BCUT2D eigenvalue weighted by Gasteiger charge is -2.19. The average Bonchev–Trinajstić information content (AvgIpc) is 2.68. The number of halogens is 3. The van der Waals surface area contributed by atoms with Gasteiger partial charge in [0.1, 0.15) is 5.60 Å². The standard InChI is InChI=1S/C14H20F3N3O2/c1-9-10(11(20-19-9)14(15,16)17)7-5-6-8-18-12(21)22-13(2,3)4/h5,7H,6,8H2,1-4H3,(H,18,21)(H,19,20). The highest BCUT2D eigenvalue weighted by Gasteiger charge is 2.36. The van der Waals surface area contributed by atoms with Crippen LogP contribution in [0.25, 0.3) is 6.08 Å². The molecule has 1 heterocycles. The summed E-state index contributed by atoms with van der Waals surface area (Å²) in [6.07, 6.45) is -1.79. The highest BCUT2D eigenvalue weighted by atomic mass is 19.4. The second-order valence-electron chi connectivity index (χ2n) is 5.73. The van der Waals surface area contributed by atoms with Crippen LogP contribution >= 0.6 is 0 Å². The van der Waals surface area contributed by atoms with Crippen molar-refractivity contribution in [3.05, 3.63) is 23.0 Å². The molecule has 0 radical (unpaired) electrons. The maximum atomic E-state index is 12.7. The number of carbonyl (C=O) groups excluding carboxylic acids is 1. The predicted molar refractivity (Wildman–Crippen MR) is 76.2 cm³/mol. The molecule has 0 saturated carbocycles. The van der Waals surface area contributed by atoms with Crippen molar-refractivity contribution in [3.63, 3.8) is 0 Å². The van der Waals surface area contributed by atoms with E-state index in [1.165, 1.54) is 13.0 Å². The first-order valence-electron chi connectivity index (χ1n) is 6.76. The van der Waals surface area contributed by atoms with Crippen molar-refractivity contribution in [3.8, 4) is 0 Å². The molecule has 0 spiro atoms. The lowest BCUT2D eigenvalue weighted by atomic mass is 10.1. The summed E-state index contributed by atoms with van der Waals surface area (Å²) in [5, 5.41) is 8.10. The van der Waals surface area contributed by atoms with Gasteiger partial charge in [-0.3, -0.25) is 5.10 Å².